The number of carbonyl (C=O) groups is 1. The second kappa shape index (κ2) is 7.06. The zero-order valence-electron chi connectivity index (χ0n) is 14.4. The molecule has 1 rings (SSSR count). The van der Waals surface area contributed by atoms with Gasteiger partial charge in [-0.05, 0) is 33.1 Å². The summed E-state index contributed by atoms with van der Waals surface area (Å²) < 4.78 is 6.19. The van der Waals surface area contributed by atoms with E-state index in [1.165, 1.54) is 32.1 Å². The molecule has 1 aliphatic carbocycles. The average Bonchev–Trinajstić information content (AvgIpc) is 2.26. The summed E-state index contributed by atoms with van der Waals surface area (Å²) in [6.07, 6.45) is 8.41. The molecule has 0 aromatic heterocycles. The van der Waals surface area contributed by atoms with E-state index in [4.69, 9.17) is 4.74 Å². The van der Waals surface area contributed by atoms with Gasteiger partial charge >= 0.3 is 0 Å². The highest BCUT2D eigenvalue weighted by molar-refractivity contribution is 5.84. The number of ether oxygens (including phenoxy) is 1. The fourth-order valence-electron chi connectivity index (χ4n) is 2.98. The summed E-state index contributed by atoms with van der Waals surface area (Å²) in [4.78, 5) is 12.3. The fraction of sp³-hybridized carbons (Fsp3) is 0.944. The van der Waals surface area contributed by atoms with Crippen molar-refractivity contribution in [3.05, 3.63) is 0 Å². The summed E-state index contributed by atoms with van der Waals surface area (Å²) in [7, 11) is 0. The molecule has 0 bridgehead atoms. The summed E-state index contributed by atoms with van der Waals surface area (Å²) >= 11 is 0. The first-order chi connectivity index (χ1) is 9.08. The third-order valence-electron chi connectivity index (χ3n) is 4.09. The van der Waals surface area contributed by atoms with Crippen molar-refractivity contribution < 1.29 is 9.53 Å². The Bertz CT molecular complexity index is 300. The fourth-order valence-corrected chi connectivity index (χ4v) is 2.98. The number of hydrogen-bond acceptors (Lipinski definition) is 2. The smallest absolute Gasteiger partial charge is 0.140 e. The summed E-state index contributed by atoms with van der Waals surface area (Å²) in [5.74, 6) is 1.08. The van der Waals surface area contributed by atoms with Crippen molar-refractivity contribution in [1.29, 1.82) is 0 Å². The minimum atomic E-state index is -0.258. The first kappa shape index (κ1) is 17.7. The maximum absolute atomic E-state index is 12.3. The molecule has 0 aliphatic heterocycles. The van der Waals surface area contributed by atoms with Gasteiger partial charge in [0.2, 0.25) is 0 Å². The van der Waals surface area contributed by atoms with Crippen LogP contribution in [-0.4, -0.2) is 17.5 Å². The number of Topliss-reactive ketones (excluding diaryl/α,β-unsaturated/α-hetero) is 1. The third kappa shape index (κ3) is 6.88. The zero-order valence-corrected chi connectivity index (χ0v) is 14.4. The Balaban J connectivity index is 2.62. The molecule has 0 aromatic rings. The molecule has 2 nitrogen and oxygen atoms in total. The first-order valence-electron chi connectivity index (χ1n) is 8.29. The van der Waals surface area contributed by atoms with Gasteiger partial charge in [-0.2, -0.15) is 0 Å². The van der Waals surface area contributed by atoms with Crippen molar-refractivity contribution in [2.24, 2.45) is 11.3 Å². The summed E-state index contributed by atoms with van der Waals surface area (Å²) in [5.41, 5.74) is -0.427. The lowest BCUT2D eigenvalue weighted by molar-refractivity contribution is -0.133. The lowest BCUT2D eigenvalue weighted by atomic mass is 9.82. The summed E-state index contributed by atoms with van der Waals surface area (Å²) in [5, 5.41) is 0. The predicted molar refractivity (Wildman–Crippen MR) is 84.9 cm³/mol. The molecule has 118 valence electrons. The van der Waals surface area contributed by atoms with Gasteiger partial charge in [-0.1, -0.05) is 52.9 Å². The maximum Gasteiger partial charge on any atom is 0.140 e. The zero-order chi connectivity index (χ0) is 15.4. The van der Waals surface area contributed by atoms with Crippen molar-refractivity contribution in [2.45, 2.75) is 98.2 Å². The van der Waals surface area contributed by atoms with Crippen LogP contribution < -0.4 is 0 Å². The molecule has 1 fully saturated rings. The van der Waals surface area contributed by atoms with E-state index in [1.807, 2.05) is 20.8 Å². The van der Waals surface area contributed by atoms with Crippen LogP contribution in [0.5, 0.6) is 0 Å². The Hall–Kier alpha value is -0.370. The number of rotatable bonds is 5. The quantitative estimate of drug-likeness (QED) is 0.697. The van der Waals surface area contributed by atoms with Crippen LogP contribution in [0.25, 0.3) is 0 Å². The van der Waals surface area contributed by atoms with Gasteiger partial charge in [0.25, 0.3) is 0 Å². The van der Waals surface area contributed by atoms with Gasteiger partial charge < -0.3 is 4.74 Å². The lowest BCUT2D eigenvalue weighted by Crippen LogP contribution is -2.34. The standard InChI is InChI=1S/C18H34O2/c1-17(2,3)16(19)13-15(20-18(4,5)6)12-14-10-8-7-9-11-14/h14-15H,7-13H2,1-6H3. The molecule has 0 spiro atoms. The minimum Gasteiger partial charge on any atom is -0.372 e. The van der Waals surface area contributed by atoms with Crippen molar-refractivity contribution in [1.82, 2.24) is 0 Å². The predicted octanol–water partition coefficient (Wildman–Crippen LogP) is 5.15. The molecule has 1 atom stereocenters. The van der Waals surface area contributed by atoms with Crippen LogP contribution in [-0.2, 0) is 9.53 Å². The highest BCUT2D eigenvalue weighted by atomic mass is 16.5. The number of hydrogen-bond donors (Lipinski definition) is 0. The number of ketones is 1. The molecule has 0 amide bonds. The number of carbonyl (C=O) groups excluding carboxylic acids is 1. The van der Waals surface area contributed by atoms with Crippen molar-refractivity contribution in [3.63, 3.8) is 0 Å². The van der Waals surface area contributed by atoms with E-state index < -0.39 is 0 Å². The maximum atomic E-state index is 12.3. The monoisotopic (exact) mass is 282 g/mol. The van der Waals surface area contributed by atoms with Gasteiger partial charge in [0, 0.05) is 11.8 Å². The van der Waals surface area contributed by atoms with Gasteiger partial charge in [0.05, 0.1) is 11.7 Å². The molecular formula is C18H34O2. The van der Waals surface area contributed by atoms with Crippen LogP contribution in [0.1, 0.15) is 86.5 Å². The molecular weight excluding hydrogens is 248 g/mol. The van der Waals surface area contributed by atoms with Crippen LogP contribution in [0.4, 0.5) is 0 Å². The highest BCUT2D eigenvalue weighted by Gasteiger charge is 2.29. The molecule has 0 radical (unpaired) electrons. The van der Waals surface area contributed by atoms with Crippen molar-refractivity contribution in [3.8, 4) is 0 Å². The van der Waals surface area contributed by atoms with E-state index in [1.54, 1.807) is 0 Å². The Kier molecular flexibility index (Phi) is 6.25. The van der Waals surface area contributed by atoms with E-state index in [2.05, 4.69) is 20.8 Å². The lowest BCUT2D eigenvalue weighted by Gasteiger charge is -2.32. The second-order valence-electron chi connectivity index (χ2n) is 8.47. The summed E-state index contributed by atoms with van der Waals surface area (Å²) in [6, 6.07) is 0. The van der Waals surface area contributed by atoms with Crippen molar-refractivity contribution in [2.75, 3.05) is 0 Å². The molecule has 0 aromatic carbocycles. The molecule has 1 aliphatic rings. The molecule has 0 saturated heterocycles. The van der Waals surface area contributed by atoms with E-state index in [9.17, 15) is 4.79 Å². The Labute approximate surface area is 125 Å². The van der Waals surface area contributed by atoms with Gasteiger partial charge in [-0.25, -0.2) is 0 Å². The summed E-state index contributed by atoms with van der Waals surface area (Å²) in [6.45, 7) is 12.3. The SMILES string of the molecule is CC(C)(C)OC(CC(=O)C(C)(C)C)CC1CCCCC1. The minimum absolute atomic E-state index is 0.0878. The molecule has 1 saturated carbocycles. The van der Waals surface area contributed by atoms with Crippen LogP contribution in [0.2, 0.25) is 0 Å². The van der Waals surface area contributed by atoms with Crippen LogP contribution in [0.3, 0.4) is 0 Å². The Morgan fingerprint density at radius 1 is 1.05 bits per heavy atom. The van der Waals surface area contributed by atoms with Gasteiger partial charge in [-0.3, -0.25) is 4.79 Å². The van der Waals surface area contributed by atoms with Crippen molar-refractivity contribution >= 4 is 5.78 Å². The third-order valence-corrected chi connectivity index (χ3v) is 4.09. The van der Waals surface area contributed by atoms with E-state index in [-0.39, 0.29) is 17.1 Å². The molecule has 0 heterocycles. The molecule has 1 unspecified atom stereocenters. The molecule has 20 heavy (non-hydrogen) atoms. The van der Waals surface area contributed by atoms with Gasteiger partial charge in [0.1, 0.15) is 5.78 Å². The largest absolute Gasteiger partial charge is 0.372 e. The second-order valence-corrected chi connectivity index (χ2v) is 8.47. The first-order valence-corrected chi connectivity index (χ1v) is 8.29. The van der Waals surface area contributed by atoms with Crippen LogP contribution in [0, 0.1) is 11.3 Å². The van der Waals surface area contributed by atoms with Gasteiger partial charge in [0.15, 0.2) is 0 Å². The molecule has 0 N–H and O–H groups in total. The topological polar surface area (TPSA) is 26.3 Å². The Morgan fingerprint density at radius 3 is 2.05 bits per heavy atom. The highest BCUT2D eigenvalue weighted by Crippen LogP contribution is 2.31. The normalized spacial score (nSPS) is 19.9. The van der Waals surface area contributed by atoms with Gasteiger partial charge in [-0.15, -0.1) is 0 Å². The van der Waals surface area contributed by atoms with Crippen LogP contribution >= 0.6 is 0 Å². The van der Waals surface area contributed by atoms with E-state index >= 15 is 0 Å². The van der Waals surface area contributed by atoms with Crippen LogP contribution in [0.15, 0.2) is 0 Å². The van der Waals surface area contributed by atoms with E-state index in [0.717, 1.165) is 12.3 Å². The molecule has 2 heteroatoms. The Morgan fingerprint density at radius 2 is 1.60 bits per heavy atom. The van der Waals surface area contributed by atoms with E-state index in [0.29, 0.717) is 12.2 Å². The average molecular weight is 282 g/mol.